The Morgan fingerprint density at radius 1 is 1.30 bits per heavy atom. The number of anilines is 1. The summed E-state index contributed by atoms with van der Waals surface area (Å²) in [5.41, 5.74) is 7.89. The Bertz CT molecular complexity index is 564. The predicted octanol–water partition coefficient (Wildman–Crippen LogP) is 3.37. The fraction of sp³-hybridized carbons (Fsp3) is 0.467. The second kappa shape index (κ2) is 5.87. The van der Waals surface area contributed by atoms with E-state index in [1.165, 1.54) is 25.7 Å². The van der Waals surface area contributed by atoms with Gasteiger partial charge in [0, 0.05) is 23.1 Å². The van der Waals surface area contributed by atoms with Crippen LogP contribution in [0.3, 0.4) is 0 Å². The largest absolute Gasteiger partial charge is 0.384 e. The monoisotopic (exact) mass is 288 g/mol. The fourth-order valence-electron chi connectivity index (χ4n) is 2.96. The highest BCUT2D eigenvalue weighted by Crippen LogP contribution is 2.36. The summed E-state index contributed by atoms with van der Waals surface area (Å²) in [4.78, 5) is 8.53. The minimum absolute atomic E-state index is 0.552. The van der Waals surface area contributed by atoms with Gasteiger partial charge in [-0.05, 0) is 37.7 Å². The zero-order valence-electron chi connectivity index (χ0n) is 11.7. The van der Waals surface area contributed by atoms with Crippen molar-refractivity contribution in [2.45, 2.75) is 37.0 Å². The number of rotatable bonds is 3. The van der Waals surface area contributed by atoms with Gasteiger partial charge in [-0.1, -0.05) is 6.42 Å². The van der Waals surface area contributed by atoms with Crippen LogP contribution in [0.25, 0.3) is 11.3 Å². The number of aromatic nitrogens is 3. The van der Waals surface area contributed by atoms with Gasteiger partial charge in [0.1, 0.15) is 5.82 Å². The van der Waals surface area contributed by atoms with Crippen LogP contribution in [0.2, 0.25) is 0 Å². The highest BCUT2D eigenvalue weighted by atomic mass is 32.2. The van der Waals surface area contributed by atoms with Gasteiger partial charge in [-0.15, -0.1) is 0 Å². The Morgan fingerprint density at radius 2 is 2.20 bits per heavy atom. The molecule has 1 saturated carbocycles. The molecule has 2 aromatic heterocycles. The minimum atomic E-state index is 0.552. The van der Waals surface area contributed by atoms with Crippen molar-refractivity contribution < 1.29 is 0 Å². The Hall–Kier alpha value is -1.49. The Morgan fingerprint density at radius 3 is 2.95 bits per heavy atom. The molecule has 2 unspecified atom stereocenters. The quantitative estimate of drug-likeness (QED) is 0.940. The Kier molecular flexibility index (Phi) is 3.96. The number of hydrogen-bond acceptors (Lipinski definition) is 4. The van der Waals surface area contributed by atoms with Gasteiger partial charge < -0.3 is 10.3 Å². The number of pyridine rings is 1. The first-order chi connectivity index (χ1) is 9.78. The summed E-state index contributed by atoms with van der Waals surface area (Å²) in [5.74, 6) is 0.555. The van der Waals surface area contributed by atoms with Crippen LogP contribution in [0.1, 0.15) is 31.7 Å². The topological polar surface area (TPSA) is 56.7 Å². The number of thioether (sulfide) groups is 1. The van der Waals surface area contributed by atoms with Crippen molar-refractivity contribution >= 4 is 17.6 Å². The van der Waals surface area contributed by atoms with Crippen LogP contribution in [0.4, 0.5) is 5.82 Å². The Labute approximate surface area is 123 Å². The van der Waals surface area contributed by atoms with E-state index in [2.05, 4.69) is 20.8 Å². The standard InChI is InChI=1S/C15H20N4S/c1-20-13-4-2-3-12(7-13)19-10-17-9-14(19)11-5-6-15(16)18-8-11/h5-6,8-10,12-13H,2-4,7H2,1H3,(H2,16,18). The summed E-state index contributed by atoms with van der Waals surface area (Å²) < 4.78 is 2.32. The van der Waals surface area contributed by atoms with E-state index in [-0.39, 0.29) is 0 Å². The molecule has 3 rings (SSSR count). The van der Waals surface area contributed by atoms with Crippen LogP contribution in [0.15, 0.2) is 30.9 Å². The normalized spacial score (nSPS) is 22.9. The van der Waals surface area contributed by atoms with Gasteiger partial charge in [-0.25, -0.2) is 9.97 Å². The molecule has 1 fully saturated rings. The third-order valence-electron chi connectivity index (χ3n) is 4.07. The van der Waals surface area contributed by atoms with Gasteiger partial charge in [-0.2, -0.15) is 11.8 Å². The molecule has 0 amide bonds. The lowest BCUT2D eigenvalue weighted by atomic mass is 9.94. The van der Waals surface area contributed by atoms with Crippen molar-refractivity contribution in [3.05, 3.63) is 30.9 Å². The molecule has 20 heavy (non-hydrogen) atoms. The molecule has 2 heterocycles. The smallest absolute Gasteiger partial charge is 0.123 e. The lowest BCUT2D eigenvalue weighted by Crippen LogP contribution is -2.20. The second-order valence-corrected chi connectivity index (χ2v) is 6.47. The molecule has 2 atom stereocenters. The first-order valence-electron chi connectivity index (χ1n) is 7.04. The number of nitrogen functional groups attached to an aromatic ring is 1. The molecule has 0 bridgehead atoms. The fourth-order valence-corrected chi connectivity index (χ4v) is 3.78. The van der Waals surface area contributed by atoms with Crippen molar-refractivity contribution in [2.75, 3.05) is 12.0 Å². The maximum absolute atomic E-state index is 5.66. The number of hydrogen-bond donors (Lipinski definition) is 1. The van der Waals surface area contributed by atoms with Crippen LogP contribution < -0.4 is 5.73 Å². The van der Waals surface area contributed by atoms with E-state index < -0.39 is 0 Å². The summed E-state index contributed by atoms with van der Waals surface area (Å²) in [6, 6.07) is 4.42. The van der Waals surface area contributed by atoms with Crippen molar-refractivity contribution in [1.29, 1.82) is 0 Å². The number of nitrogens with two attached hydrogens (primary N) is 1. The van der Waals surface area contributed by atoms with Gasteiger partial charge >= 0.3 is 0 Å². The lowest BCUT2D eigenvalue weighted by molar-refractivity contribution is 0.363. The van der Waals surface area contributed by atoms with Gasteiger partial charge in [0.15, 0.2) is 0 Å². The summed E-state index contributed by atoms with van der Waals surface area (Å²) >= 11 is 1.99. The van der Waals surface area contributed by atoms with E-state index in [9.17, 15) is 0 Å². The summed E-state index contributed by atoms with van der Waals surface area (Å²) in [7, 11) is 0. The Balaban J connectivity index is 1.88. The zero-order chi connectivity index (χ0) is 13.9. The SMILES string of the molecule is CSC1CCCC(n2cncc2-c2ccc(N)nc2)C1. The molecule has 1 aliphatic carbocycles. The third kappa shape index (κ3) is 2.68. The van der Waals surface area contributed by atoms with Crippen LogP contribution in [0.5, 0.6) is 0 Å². The molecule has 1 aliphatic rings. The minimum Gasteiger partial charge on any atom is -0.384 e. The van der Waals surface area contributed by atoms with Crippen LogP contribution in [-0.2, 0) is 0 Å². The molecular formula is C15H20N4S. The zero-order valence-corrected chi connectivity index (χ0v) is 12.5. The number of nitrogens with zero attached hydrogens (tertiary/aromatic N) is 3. The van der Waals surface area contributed by atoms with E-state index in [1.54, 1.807) is 0 Å². The van der Waals surface area contributed by atoms with Gasteiger partial charge in [0.05, 0.1) is 18.2 Å². The molecule has 5 heteroatoms. The van der Waals surface area contributed by atoms with Crippen molar-refractivity contribution in [1.82, 2.24) is 14.5 Å². The molecule has 2 N–H and O–H groups in total. The first kappa shape index (κ1) is 13.5. The van der Waals surface area contributed by atoms with E-state index in [0.29, 0.717) is 11.9 Å². The molecule has 0 saturated heterocycles. The van der Waals surface area contributed by atoms with Crippen molar-refractivity contribution in [2.24, 2.45) is 0 Å². The molecule has 2 aromatic rings. The van der Waals surface area contributed by atoms with Crippen LogP contribution in [0, 0.1) is 0 Å². The highest BCUT2D eigenvalue weighted by Gasteiger charge is 2.24. The summed E-state index contributed by atoms with van der Waals surface area (Å²) in [6.45, 7) is 0. The van der Waals surface area contributed by atoms with Gasteiger partial charge in [0.25, 0.3) is 0 Å². The summed E-state index contributed by atoms with van der Waals surface area (Å²) in [6.07, 6.45) is 13.0. The average Bonchev–Trinajstić information content (AvgIpc) is 2.97. The number of imidazole rings is 1. The average molecular weight is 288 g/mol. The predicted molar refractivity (Wildman–Crippen MR) is 84.7 cm³/mol. The van der Waals surface area contributed by atoms with E-state index in [4.69, 9.17) is 5.73 Å². The highest BCUT2D eigenvalue weighted by molar-refractivity contribution is 7.99. The van der Waals surface area contributed by atoms with E-state index in [1.807, 2.05) is 42.6 Å². The lowest BCUT2D eigenvalue weighted by Gasteiger charge is -2.30. The van der Waals surface area contributed by atoms with E-state index in [0.717, 1.165) is 16.5 Å². The van der Waals surface area contributed by atoms with E-state index >= 15 is 0 Å². The maximum Gasteiger partial charge on any atom is 0.123 e. The molecule has 0 aliphatic heterocycles. The van der Waals surface area contributed by atoms with Crippen LogP contribution >= 0.6 is 11.8 Å². The second-order valence-electron chi connectivity index (χ2n) is 5.34. The molecule has 0 aromatic carbocycles. The molecule has 0 radical (unpaired) electrons. The first-order valence-corrected chi connectivity index (χ1v) is 8.33. The molecule has 106 valence electrons. The molecule has 4 nitrogen and oxygen atoms in total. The van der Waals surface area contributed by atoms with Gasteiger partial charge in [-0.3, -0.25) is 0 Å². The summed E-state index contributed by atoms with van der Waals surface area (Å²) in [5, 5.41) is 0.772. The van der Waals surface area contributed by atoms with Crippen molar-refractivity contribution in [3.63, 3.8) is 0 Å². The maximum atomic E-state index is 5.66. The van der Waals surface area contributed by atoms with Crippen LogP contribution in [-0.4, -0.2) is 26.0 Å². The third-order valence-corrected chi connectivity index (χ3v) is 5.17. The van der Waals surface area contributed by atoms with Gasteiger partial charge in [0.2, 0.25) is 0 Å². The molecular weight excluding hydrogens is 268 g/mol. The van der Waals surface area contributed by atoms with Crippen molar-refractivity contribution in [3.8, 4) is 11.3 Å². The molecule has 0 spiro atoms.